The van der Waals surface area contributed by atoms with Crippen molar-refractivity contribution in [2.24, 2.45) is 0 Å². The molecule has 0 N–H and O–H groups in total. The van der Waals surface area contributed by atoms with Gasteiger partial charge in [-0.1, -0.05) is 182 Å². The number of rotatable bonds is 7. The first-order valence-corrected chi connectivity index (χ1v) is 18.2. The van der Waals surface area contributed by atoms with Gasteiger partial charge in [0.2, 0.25) is 0 Å². The molecule has 10 aromatic rings. The van der Waals surface area contributed by atoms with E-state index in [9.17, 15) is 2.74 Å². The van der Waals surface area contributed by atoms with E-state index in [0.29, 0.717) is 28.4 Å². The molecular weight excluding hydrogens is 669 g/mol. The molecule has 0 aliphatic heterocycles. The Bertz CT molecular complexity index is 3130. The smallest absolute Gasteiger partial charge is 0.164 e. The fraction of sp³-hybridized carbons (Fsp3) is 0. The number of para-hydroxylation sites is 1. The Morgan fingerprint density at radius 3 is 1.51 bits per heavy atom. The predicted molar refractivity (Wildman–Crippen MR) is 227 cm³/mol. The summed E-state index contributed by atoms with van der Waals surface area (Å²) in [6.45, 7) is 0. The van der Waals surface area contributed by atoms with Crippen LogP contribution in [0.25, 0.3) is 95.0 Å². The van der Waals surface area contributed by atoms with Gasteiger partial charge < -0.3 is 4.57 Å². The van der Waals surface area contributed by atoms with E-state index < -0.39 is 0 Å². The van der Waals surface area contributed by atoms with Crippen molar-refractivity contribution >= 4 is 21.8 Å². The highest BCUT2D eigenvalue weighted by Crippen LogP contribution is 2.42. The SMILES string of the molecule is [2H]c1c([2H])c([2H])c2c(c1[2H])c1c(-c3ccccc3-c3ccccc3)cccc1n2-c1cccc(-c2ccc(-c3nc(-c4ccccc4)nc(-c4ccccc4)n3)cc2)c1. The zero-order valence-corrected chi connectivity index (χ0v) is 29.6. The monoisotopic (exact) mass is 706 g/mol. The highest BCUT2D eigenvalue weighted by atomic mass is 15.0. The molecule has 4 nitrogen and oxygen atoms in total. The van der Waals surface area contributed by atoms with E-state index in [1.165, 1.54) is 0 Å². The Hall–Kier alpha value is -7.43. The first kappa shape index (κ1) is 28.1. The average molecular weight is 707 g/mol. The van der Waals surface area contributed by atoms with Gasteiger partial charge in [0, 0.05) is 33.2 Å². The van der Waals surface area contributed by atoms with E-state index in [0.717, 1.165) is 66.7 Å². The number of nitrogens with zero attached hydrogens (tertiary/aromatic N) is 4. The highest BCUT2D eigenvalue weighted by Gasteiger charge is 2.18. The van der Waals surface area contributed by atoms with Crippen LogP contribution in [0.5, 0.6) is 0 Å². The summed E-state index contributed by atoms with van der Waals surface area (Å²) < 4.78 is 37.9. The summed E-state index contributed by atoms with van der Waals surface area (Å²) in [5.41, 5.74) is 10.6. The number of aromatic nitrogens is 4. The topological polar surface area (TPSA) is 43.6 Å². The van der Waals surface area contributed by atoms with Crippen molar-refractivity contribution in [2.45, 2.75) is 0 Å². The second-order valence-electron chi connectivity index (χ2n) is 13.3. The molecule has 0 saturated carbocycles. The lowest BCUT2D eigenvalue weighted by Crippen LogP contribution is -2.00. The summed E-state index contributed by atoms with van der Waals surface area (Å²) in [6, 6.07) is 59.9. The molecule has 0 radical (unpaired) electrons. The number of hydrogen-bond donors (Lipinski definition) is 0. The lowest BCUT2D eigenvalue weighted by molar-refractivity contribution is 1.07. The molecule has 55 heavy (non-hydrogen) atoms. The Kier molecular flexibility index (Phi) is 7.08. The molecule has 0 fully saturated rings. The summed E-state index contributed by atoms with van der Waals surface area (Å²) >= 11 is 0. The van der Waals surface area contributed by atoms with E-state index >= 15 is 0 Å². The molecule has 2 heterocycles. The molecule has 258 valence electrons. The van der Waals surface area contributed by atoms with E-state index in [1.54, 1.807) is 0 Å². The number of hydrogen-bond acceptors (Lipinski definition) is 3. The van der Waals surface area contributed by atoms with Gasteiger partial charge in [0.05, 0.1) is 16.5 Å². The van der Waals surface area contributed by atoms with Gasteiger partial charge in [-0.05, 0) is 57.6 Å². The molecule has 0 aliphatic rings. The maximum absolute atomic E-state index is 9.24. The molecule has 10 rings (SSSR count). The summed E-state index contributed by atoms with van der Waals surface area (Å²) in [5, 5.41) is 1.26. The van der Waals surface area contributed by atoms with Crippen molar-refractivity contribution in [3.63, 3.8) is 0 Å². The van der Waals surface area contributed by atoms with Gasteiger partial charge in [0.15, 0.2) is 17.5 Å². The van der Waals surface area contributed by atoms with Gasteiger partial charge in [-0.3, -0.25) is 0 Å². The third-order valence-electron chi connectivity index (χ3n) is 10.0. The van der Waals surface area contributed by atoms with Crippen LogP contribution in [-0.4, -0.2) is 19.5 Å². The molecule has 0 unspecified atom stereocenters. The van der Waals surface area contributed by atoms with Crippen molar-refractivity contribution < 1.29 is 5.48 Å². The Labute approximate surface area is 325 Å². The van der Waals surface area contributed by atoms with Crippen LogP contribution in [-0.2, 0) is 0 Å². The molecule has 2 aromatic heterocycles. The summed E-state index contributed by atoms with van der Waals surface area (Å²) in [6.07, 6.45) is 0. The maximum Gasteiger partial charge on any atom is 0.164 e. The fourth-order valence-corrected chi connectivity index (χ4v) is 7.42. The lowest BCUT2D eigenvalue weighted by Gasteiger charge is -2.13. The fourth-order valence-electron chi connectivity index (χ4n) is 7.42. The van der Waals surface area contributed by atoms with Crippen LogP contribution >= 0.6 is 0 Å². The standard InChI is InChI=1S/C51H34N4/c1-4-16-36(17-5-1)42-24-10-11-25-43(42)44-27-15-29-47-48(44)45-26-12-13-28-46(45)55(47)41-23-14-22-40(34-41)35-30-32-39(33-31-35)51-53-49(37-18-6-2-7-19-37)52-50(54-51)38-20-8-3-9-21-38/h1-34H/i12D,13D,26D,28D. The maximum atomic E-state index is 9.24. The minimum Gasteiger partial charge on any atom is -0.309 e. The van der Waals surface area contributed by atoms with Gasteiger partial charge in [-0.25, -0.2) is 15.0 Å². The Morgan fingerprint density at radius 1 is 0.364 bits per heavy atom. The van der Waals surface area contributed by atoms with Crippen molar-refractivity contribution in [3.05, 3.63) is 206 Å². The number of benzene rings is 8. The second kappa shape index (κ2) is 13.8. The van der Waals surface area contributed by atoms with Crippen LogP contribution in [0, 0.1) is 0 Å². The quantitative estimate of drug-likeness (QED) is 0.166. The Morgan fingerprint density at radius 2 is 0.855 bits per heavy atom. The largest absolute Gasteiger partial charge is 0.309 e. The Balaban J connectivity index is 1.11. The van der Waals surface area contributed by atoms with Crippen LogP contribution < -0.4 is 0 Å². The molecule has 0 saturated heterocycles. The zero-order valence-electron chi connectivity index (χ0n) is 33.6. The summed E-state index contributed by atoms with van der Waals surface area (Å²) in [4.78, 5) is 14.6. The average Bonchev–Trinajstić information content (AvgIpc) is 3.67. The molecule has 0 amide bonds. The first-order chi connectivity index (χ1) is 28.9. The van der Waals surface area contributed by atoms with Gasteiger partial charge in [-0.2, -0.15) is 0 Å². The normalized spacial score (nSPS) is 12.3. The second-order valence-corrected chi connectivity index (χ2v) is 13.3. The molecule has 0 aliphatic carbocycles. The van der Waals surface area contributed by atoms with Gasteiger partial charge >= 0.3 is 0 Å². The summed E-state index contributed by atoms with van der Waals surface area (Å²) in [7, 11) is 0. The van der Waals surface area contributed by atoms with Crippen LogP contribution in [0.1, 0.15) is 5.48 Å². The van der Waals surface area contributed by atoms with Gasteiger partial charge in [0.25, 0.3) is 0 Å². The van der Waals surface area contributed by atoms with Crippen molar-refractivity contribution in [1.29, 1.82) is 0 Å². The van der Waals surface area contributed by atoms with E-state index in [-0.39, 0.29) is 24.2 Å². The van der Waals surface area contributed by atoms with Crippen LogP contribution in [0.2, 0.25) is 0 Å². The van der Waals surface area contributed by atoms with E-state index in [4.69, 9.17) is 17.7 Å². The van der Waals surface area contributed by atoms with Crippen LogP contribution in [0.3, 0.4) is 0 Å². The molecule has 8 aromatic carbocycles. The predicted octanol–water partition coefficient (Wildman–Crippen LogP) is 13.0. The van der Waals surface area contributed by atoms with Gasteiger partial charge in [-0.15, -0.1) is 0 Å². The molecule has 4 heteroatoms. The van der Waals surface area contributed by atoms with Crippen LogP contribution in [0.4, 0.5) is 0 Å². The zero-order chi connectivity index (χ0) is 40.0. The van der Waals surface area contributed by atoms with E-state index in [2.05, 4.69) is 42.5 Å². The molecule has 0 atom stereocenters. The van der Waals surface area contributed by atoms with Crippen molar-refractivity contribution in [1.82, 2.24) is 19.5 Å². The third kappa shape index (κ3) is 5.96. The molecular formula is C51H34N4. The van der Waals surface area contributed by atoms with Crippen molar-refractivity contribution in [3.8, 4) is 73.2 Å². The lowest BCUT2D eigenvalue weighted by atomic mass is 9.92. The highest BCUT2D eigenvalue weighted by molar-refractivity contribution is 6.16. The van der Waals surface area contributed by atoms with E-state index in [1.807, 2.05) is 144 Å². The number of fused-ring (bicyclic) bond motifs is 3. The van der Waals surface area contributed by atoms with Gasteiger partial charge in [0.1, 0.15) is 0 Å². The third-order valence-corrected chi connectivity index (χ3v) is 10.0. The summed E-state index contributed by atoms with van der Waals surface area (Å²) in [5.74, 6) is 1.77. The minimum absolute atomic E-state index is 0.0645. The molecule has 0 spiro atoms. The van der Waals surface area contributed by atoms with Crippen LogP contribution in [0.15, 0.2) is 206 Å². The first-order valence-electron chi connectivity index (χ1n) is 20.2. The minimum atomic E-state index is -0.270. The van der Waals surface area contributed by atoms with Crippen molar-refractivity contribution in [2.75, 3.05) is 0 Å². The molecule has 0 bridgehead atoms.